The number of anilines is 1. The molecule has 0 heterocycles. The normalized spacial score (nSPS) is 10.3. The number of amides is 1. The summed E-state index contributed by atoms with van der Waals surface area (Å²) in [6.45, 7) is 0.175. The molecular formula is C14H11F2IN2O. The van der Waals surface area contributed by atoms with Crippen LogP contribution in [0.4, 0.5) is 14.5 Å². The molecule has 2 aromatic carbocycles. The van der Waals surface area contributed by atoms with Crippen LogP contribution in [0.25, 0.3) is 0 Å². The Morgan fingerprint density at radius 3 is 2.60 bits per heavy atom. The highest BCUT2D eigenvalue weighted by atomic mass is 127. The molecule has 0 saturated heterocycles. The quantitative estimate of drug-likeness (QED) is 0.791. The van der Waals surface area contributed by atoms with Crippen molar-refractivity contribution in [2.24, 2.45) is 5.73 Å². The fraction of sp³-hybridized carbons (Fsp3) is 0.0714. The van der Waals surface area contributed by atoms with Crippen molar-refractivity contribution in [3.63, 3.8) is 0 Å². The molecule has 2 rings (SSSR count). The molecule has 0 aromatic heterocycles. The number of carbonyl (C=O) groups is 1. The Kier molecular flexibility index (Phi) is 4.53. The second-order valence-corrected chi connectivity index (χ2v) is 5.31. The average Bonchev–Trinajstić information content (AvgIpc) is 2.39. The van der Waals surface area contributed by atoms with Gasteiger partial charge in [-0.2, -0.15) is 0 Å². The van der Waals surface area contributed by atoms with E-state index in [1.165, 1.54) is 30.3 Å². The third kappa shape index (κ3) is 3.44. The molecule has 3 N–H and O–H groups in total. The maximum absolute atomic E-state index is 13.6. The van der Waals surface area contributed by atoms with Crippen molar-refractivity contribution in [3.05, 3.63) is 62.7 Å². The molecule has 0 unspecified atom stereocenters. The monoisotopic (exact) mass is 388 g/mol. The van der Waals surface area contributed by atoms with Crippen LogP contribution in [-0.4, -0.2) is 5.91 Å². The number of rotatable bonds is 4. The summed E-state index contributed by atoms with van der Waals surface area (Å²) in [5.74, 6) is -1.37. The van der Waals surface area contributed by atoms with Gasteiger partial charge in [-0.25, -0.2) is 8.78 Å². The van der Waals surface area contributed by atoms with Gasteiger partial charge in [0.25, 0.3) is 0 Å². The molecule has 0 fully saturated rings. The largest absolute Gasteiger partial charge is 0.380 e. The van der Waals surface area contributed by atoms with E-state index in [9.17, 15) is 13.6 Å². The molecule has 3 nitrogen and oxygen atoms in total. The Balaban J connectivity index is 2.18. The van der Waals surface area contributed by atoms with Crippen LogP contribution in [0, 0.1) is 15.2 Å². The van der Waals surface area contributed by atoms with E-state index in [-0.39, 0.29) is 17.9 Å². The first-order valence-electron chi connectivity index (χ1n) is 5.74. The van der Waals surface area contributed by atoms with Gasteiger partial charge in [0.1, 0.15) is 11.6 Å². The fourth-order valence-corrected chi connectivity index (χ4v) is 2.35. The summed E-state index contributed by atoms with van der Waals surface area (Å²) < 4.78 is 27.3. The van der Waals surface area contributed by atoms with Crippen LogP contribution < -0.4 is 11.1 Å². The van der Waals surface area contributed by atoms with Gasteiger partial charge in [0.05, 0.1) is 0 Å². The average molecular weight is 388 g/mol. The highest BCUT2D eigenvalue weighted by molar-refractivity contribution is 14.1. The van der Waals surface area contributed by atoms with E-state index < -0.39 is 11.7 Å². The van der Waals surface area contributed by atoms with E-state index in [2.05, 4.69) is 5.32 Å². The van der Waals surface area contributed by atoms with Gasteiger partial charge in [-0.05, 0) is 59.0 Å². The number of halogens is 3. The van der Waals surface area contributed by atoms with Gasteiger partial charge in [-0.15, -0.1) is 0 Å². The zero-order valence-corrected chi connectivity index (χ0v) is 12.4. The fourth-order valence-electron chi connectivity index (χ4n) is 1.69. The summed E-state index contributed by atoms with van der Waals surface area (Å²) in [6, 6.07) is 8.21. The summed E-state index contributed by atoms with van der Waals surface area (Å²) in [5.41, 5.74) is 6.41. The second kappa shape index (κ2) is 6.17. The molecule has 20 heavy (non-hydrogen) atoms. The molecule has 104 valence electrons. The molecule has 0 spiro atoms. The second-order valence-electron chi connectivity index (χ2n) is 4.15. The van der Waals surface area contributed by atoms with E-state index in [0.29, 0.717) is 14.8 Å². The molecule has 0 bridgehead atoms. The van der Waals surface area contributed by atoms with E-state index in [1.807, 2.05) is 22.6 Å². The lowest BCUT2D eigenvalue weighted by atomic mass is 10.1. The SMILES string of the molecule is NC(=O)c1ccc(F)c(CNc2ccc(F)cc2I)c1. The molecule has 2 aromatic rings. The van der Waals surface area contributed by atoms with Crippen LogP contribution in [0.2, 0.25) is 0 Å². The molecule has 6 heteroatoms. The van der Waals surface area contributed by atoms with Crippen molar-refractivity contribution >= 4 is 34.2 Å². The maximum Gasteiger partial charge on any atom is 0.248 e. The molecule has 0 atom stereocenters. The number of hydrogen-bond acceptors (Lipinski definition) is 2. The van der Waals surface area contributed by atoms with Crippen molar-refractivity contribution < 1.29 is 13.6 Å². The number of carbonyl (C=O) groups excluding carboxylic acids is 1. The first kappa shape index (κ1) is 14.7. The lowest BCUT2D eigenvalue weighted by Crippen LogP contribution is -2.12. The molecule has 0 aliphatic rings. The van der Waals surface area contributed by atoms with Gasteiger partial charge in [0.2, 0.25) is 5.91 Å². The predicted octanol–water partition coefficient (Wildman–Crippen LogP) is 3.28. The van der Waals surface area contributed by atoms with E-state index in [1.54, 1.807) is 6.07 Å². The van der Waals surface area contributed by atoms with Gasteiger partial charge in [-0.3, -0.25) is 4.79 Å². The van der Waals surface area contributed by atoms with Crippen LogP contribution in [0.15, 0.2) is 36.4 Å². The third-order valence-corrected chi connectivity index (χ3v) is 3.62. The molecule has 0 aliphatic heterocycles. The zero-order valence-electron chi connectivity index (χ0n) is 10.3. The Morgan fingerprint density at radius 2 is 1.95 bits per heavy atom. The van der Waals surface area contributed by atoms with Crippen LogP contribution in [0.1, 0.15) is 15.9 Å². The highest BCUT2D eigenvalue weighted by Gasteiger charge is 2.08. The van der Waals surface area contributed by atoms with E-state index in [4.69, 9.17) is 5.73 Å². The minimum Gasteiger partial charge on any atom is -0.380 e. The minimum atomic E-state index is -0.609. The first-order chi connectivity index (χ1) is 9.47. The molecule has 0 saturated carbocycles. The lowest BCUT2D eigenvalue weighted by Gasteiger charge is -2.10. The van der Waals surface area contributed by atoms with E-state index >= 15 is 0 Å². The standard InChI is InChI=1S/C14H11F2IN2O/c15-10-2-4-13(12(17)6-10)19-7-9-5-8(14(18)20)1-3-11(9)16/h1-6,19H,7H2,(H2,18,20). The number of nitrogens with one attached hydrogen (secondary N) is 1. The summed E-state index contributed by atoms with van der Waals surface area (Å²) in [6.07, 6.45) is 0. The van der Waals surface area contributed by atoms with Crippen LogP contribution in [-0.2, 0) is 6.54 Å². The number of benzene rings is 2. The topological polar surface area (TPSA) is 55.1 Å². The van der Waals surface area contributed by atoms with Gasteiger partial charge >= 0.3 is 0 Å². The summed E-state index contributed by atoms with van der Waals surface area (Å²) in [4.78, 5) is 11.1. The first-order valence-corrected chi connectivity index (χ1v) is 6.82. The number of primary amides is 1. The van der Waals surface area contributed by atoms with Crippen molar-refractivity contribution in [3.8, 4) is 0 Å². The molecule has 0 aliphatic carbocycles. The van der Waals surface area contributed by atoms with E-state index in [0.717, 1.165) is 0 Å². The van der Waals surface area contributed by atoms with Crippen LogP contribution in [0.5, 0.6) is 0 Å². The van der Waals surface area contributed by atoms with Crippen molar-refractivity contribution in [1.82, 2.24) is 0 Å². The highest BCUT2D eigenvalue weighted by Crippen LogP contribution is 2.20. The van der Waals surface area contributed by atoms with Gasteiger partial charge in [0.15, 0.2) is 0 Å². The minimum absolute atomic E-state index is 0.175. The number of nitrogens with two attached hydrogens (primary N) is 1. The van der Waals surface area contributed by atoms with Crippen LogP contribution >= 0.6 is 22.6 Å². The van der Waals surface area contributed by atoms with Gasteiger partial charge in [-0.1, -0.05) is 0 Å². The lowest BCUT2D eigenvalue weighted by molar-refractivity contribution is 0.1000. The van der Waals surface area contributed by atoms with Crippen molar-refractivity contribution in [2.75, 3.05) is 5.32 Å². The molecule has 0 radical (unpaired) electrons. The van der Waals surface area contributed by atoms with Gasteiger partial charge in [0, 0.05) is 26.9 Å². The molecule has 1 amide bonds. The number of hydrogen-bond donors (Lipinski definition) is 2. The Labute approximate surface area is 128 Å². The Morgan fingerprint density at radius 1 is 1.20 bits per heavy atom. The molecular weight excluding hydrogens is 377 g/mol. The predicted molar refractivity (Wildman–Crippen MR) is 81.4 cm³/mol. The summed E-state index contributed by atoms with van der Waals surface area (Å²) >= 11 is 1.98. The zero-order chi connectivity index (χ0) is 14.7. The Bertz CT molecular complexity index is 662. The maximum atomic E-state index is 13.6. The van der Waals surface area contributed by atoms with Crippen LogP contribution in [0.3, 0.4) is 0 Å². The van der Waals surface area contributed by atoms with Crippen molar-refractivity contribution in [1.29, 1.82) is 0 Å². The third-order valence-electron chi connectivity index (χ3n) is 2.73. The smallest absolute Gasteiger partial charge is 0.248 e. The van der Waals surface area contributed by atoms with Crippen molar-refractivity contribution in [2.45, 2.75) is 6.54 Å². The Hall–Kier alpha value is -1.70. The summed E-state index contributed by atoms with van der Waals surface area (Å²) in [7, 11) is 0. The van der Waals surface area contributed by atoms with Gasteiger partial charge < -0.3 is 11.1 Å². The summed E-state index contributed by atoms with van der Waals surface area (Å²) in [5, 5.41) is 3.00.